The van der Waals surface area contributed by atoms with Gasteiger partial charge in [-0.2, -0.15) is 13.2 Å². The highest BCUT2D eigenvalue weighted by Gasteiger charge is 2.58. The third-order valence-electron chi connectivity index (χ3n) is 9.06. The first-order valence-electron chi connectivity index (χ1n) is 12.9. The van der Waals surface area contributed by atoms with Gasteiger partial charge in [0.15, 0.2) is 0 Å². The predicted molar refractivity (Wildman–Crippen MR) is 132 cm³/mol. The zero-order chi connectivity index (χ0) is 26.8. The highest BCUT2D eigenvalue weighted by molar-refractivity contribution is 6.33. The molecule has 4 saturated carbocycles. The number of nitrogens with zero attached hydrogens (tertiary/aromatic N) is 2. The van der Waals surface area contributed by atoms with Crippen molar-refractivity contribution in [2.75, 3.05) is 31.1 Å². The molecule has 5 fully saturated rings. The Morgan fingerprint density at radius 3 is 2.24 bits per heavy atom. The molecule has 0 radical (unpaired) electrons. The molecule has 1 saturated heterocycles. The van der Waals surface area contributed by atoms with Crippen LogP contribution in [0.1, 0.15) is 51.5 Å². The van der Waals surface area contributed by atoms with Gasteiger partial charge in [-0.05, 0) is 81.9 Å². The molecule has 1 aromatic rings. The summed E-state index contributed by atoms with van der Waals surface area (Å²) in [6.07, 6.45) is -1.60. The van der Waals surface area contributed by atoms with E-state index >= 15 is 0 Å². The van der Waals surface area contributed by atoms with Gasteiger partial charge in [-0.3, -0.25) is 9.69 Å². The number of piperazine rings is 1. The number of benzene rings is 1. The Balaban J connectivity index is 1.20. The summed E-state index contributed by atoms with van der Waals surface area (Å²) < 4.78 is 44.3. The monoisotopic (exact) mass is 543 g/mol. The molecule has 4 aliphatic carbocycles. The minimum atomic E-state index is -4.45. The second-order valence-corrected chi connectivity index (χ2v) is 12.1. The lowest BCUT2D eigenvalue weighted by molar-refractivity contribution is -0.157. The lowest BCUT2D eigenvalue weighted by Crippen LogP contribution is -2.66. The Morgan fingerprint density at radius 1 is 1.08 bits per heavy atom. The van der Waals surface area contributed by atoms with E-state index in [0.717, 1.165) is 31.4 Å². The molecule has 7 nitrogen and oxygen atoms in total. The molecule has 204 valence electrons. The van der Waals surface area contributed by atoms with Gasteiger partial charge in [-0.25, -0.2) is 4.79 Å². The van der Waals surface area contributed by atoms with Crippen molar-refractivity contribution in [2.45, 2.75) is 69.3 Å². The Morgan fingerprint density at radius 2 is 1.70 bits per heavy atom. The molecular formula is C26H33ClF3N3O4. The molecule has 2 unspecified atom stereocenters. The maximum absolute atomic E-state index is 13.5. The van der Waals surface area contributed by atoms with Crippen LogP contribution in [-0.4, -0.2) is 65.4 Å². The summed E-state index contributed by atoms with van der Waals surface area (Å²) >= 11 is 6.19. The number of amides is 1. The Bertz CT molecular complexity index is 1060. The van der Waals surface area contributed by atoms with Crippen LogP contribution < -0.4 is 10.2 Å². The van der Waals surface area contributed by atoms with Crippen LogP contribution in [0.5, 0.6) is 0 Å². The Labute approximate surface area is 219 Å². The molecular weight excluding hydrogens is 511 g/mol. The van der Waals surface area contributed by atoms with Gasteiger partial charge in [0.2, 0.25) is 5.91 Å². The second-order valence-electron chi connectivity index (χ2n) is 11.7. The number of nitrogens with one attached hydrogen (secondary N) is 1. The number of carbonyl (C=O) groups is 2. The van der Waals surface area contributed by atoms with E-state index in [9.17, 15) is 27.9 Å². The van der Waals surface area contributed by atoms with E-state index in [4.69, 9.17) is 16.3 Å². The number of rotatable bonds is 5. The molecule has 6 rings (SSSR count). The number of hydrogen-bond acceptors (Lipinski definition) is 5. The molecule has 5 aliphatic rings. The van der Waals surface area contributed by atoms with Crippen molar-refractivity contribution in [1.29, 1.82) is 0 Å². The molecule has 1 aliphatic heterocycles. The van der Waals surface area contributed by atoms with Gasteiger partial charge in [-0.15, -0.1) is 0 Å². The first-order valence-corrected chi connectivity index (χ1v) is 13.2. The van der Waals surface area contributed by atoms with Crippen LogP contribution in [0.15, 0.2) is 18.2 Å². The fourth-order valence-electron chi connectivity index (χ4n) is 7.41. The topological polar surface area (TPSA) is 82.1 Å². The van der Waals surface area contributed by atoms with Crippen LogP contribution in [0.2, 0.25) is 5.02 Å². The van der Waals surface area contributed by atoms with E-state index in [2.05, 4.69) is 10.2 Å². The number of carboxylic acid groups (broad SMARTS) is 1. The van der Waals surface area contributed by atoms with Crippen molar-refractivity contribution in [3.05, 3.63) is 28.8 Å². The van der Waals surface area contributed by atoms with E-state index in [-0.39, 0.29) is 28.8 Å². The summed E-state index contributed by atoms with van der Waals surface area (Å²) in [5.41, 5.74) is -1.60. The average Bonchev–Trinajstić information content (AvgIpc) is 2.79. The number of hydrogen-bond donors (Lipinski definition) is 2. The van der Waals surface area contributed by atoms with Gasteiger partial charge < -0.3 is 20.1 Å². The Kier molecular flexibility index (Phi) is 6.58. The zero-order valence-electron chi connectivity index (χ0n) is 21.0. The zero-order valence-corrected chi connectivity index (χ0v) is 21.7. The minimum absolute atomic E-state index is 0.0149. The lowest BCUT2D eigenvalue weighted by atomic mass is 9.52. The number of ether oxygens (including phenoxy) is 1. The van der Waals surface area contributed by atoms with Crippen molar-refractivity contribution in [3.63, 3.8) is 0 Å². The summed E-state index contributed by atoms with van der Waals surface area (Å²) in [4.78, 5) is 28.9. The quantitative estimate of drug-likeness (QED) is 0.508. The summed E-state index contributed by atoms with van der Waals surface area (Å²) in [7, 11) is 0. The van der Waals surface area contributed by atoms with Gasteiger partial charge in [0.1, 0.15) is 5.60 Å². The van der Waals surface area contributed by atoms with Crippen molar-refractivity contribution in [1.82, 2.24) is 10.2 Å². The summed E-state index contributed by atoms with van der Waals surface area (Å²) in [5.74, 6) is 0.815. The molecule has 37 heavy (non-hydrogen) atoms. The van der Waals surface area contributed by atoms with Gasteiger partial charge in [-0.1, -0.05) is 11.6 Å². The van der Waals surface area contributed by atoms with Crippen LogP contribution in [0.4, 0.5) is 23.7 Å². The normalized spacial score (nSPS) is 31.9. The number of alkyl halides is 3. The van der Waals surface area contributed by atoms with E-state index in [1.165, 1.54) is 6.07 Å². The molecule has 11 heteroatoms. The van der Waals surface area contributed by atoms with Crippen LogP contribution in [0.3, 0.4) is 0 Å². The molecule has 1 heterocycles. The van der Waals surface area contributed by atoms with Crippen molar-refractivity contribution < 1.29 is 32.6 Å². The first kappa shape index (κ1) is 26.4. The van der Waals surface area contributed by atoms with E-state index in [1.54, 1.807) is 0 Å². The van der Waals surface area contributed by atoms with E-state index in [1.807, 2.05) is 18.7 Å². The molecule has 0 spiro atoms. The number of carbonyl (C=O) groups excluding carboxylic acids is 1. The number of halogens is 4. The van der Waals surface area contributed by atoms with Gasteiger partial charge in [0.25, 0.3) is 0 Å². The van der Waals surface area contributed by atoms with Crippen molar-refractivity contribution in [2.24, 2.45) is 17.8 Å². The van der Waals surface area contributed by atoms with E-state index in [0.29, 0.717) is 50.6 Å². The SMILES string of the molecule is CC(C)(C(=O)NC1C2CC3CC1CC(OC(=O)O)(C3)C2)N1CCN(c2ccc(C(F)(F)F)cc2Cl)CC1. The molecule has 0 aromatic heterocycles. The van der Waals surface area contributed by atoms with Gasteiger partial charge in [0.05, 0.1) is 21.8 Å². The van der Waals surface area contributed by atoms with Gasteiger partial charge in [0, 0.05) is 32.2 Å². The molecule has 2 N–H and O–H groups in total. The molecule has 1 amide bonds. The summed E-state index contributed by atoms with van der Waals surface area (Å²) in [6, 6.07) is 3.42. The standard InChI is InChI=1S/C26H33ClF3N3O4/c1-24(2,33-7-5-32(6-8-33)20-4-3-18(11-19(20)27)26(28,29)30)22(34)31-21-16-9-15-10-17(21)14-25(12-15,13-16)37-23(35)36/h3-4,11,15-17,21H,5-10,12-14H2,1-2H3,(H,31,34)(H,35,36). The maximum atomic E-state index is 13.5. The predicted octanol–water partition coefficient (Wildman–Crippen LogP) is 5.02. The van der Waals surface area contributed by atoms with Crippen LogP contribution in [-0.2, 0) is 15.7 Å². The largest absolute Gasteiger partial charge is 0.506 e. The first-order chi connectivity index (χ1) is 17.3. The van der Waals surface area contributed by atoms with Crippen LogP contribution in [0.25, 0.3) is 0 Å². The minimum Gasteiger partial charge on any atom is -0.450 e. The van der Waals surface area contributed by atoms with Gasteiger partial charge >= 0.3 is 12.3 Å². The highest BCUT2D eigenvalue weighted by Crippen LogP contribution is 2.57. The number of anilines is 1. The lowest BCUT2D eigenvalue weighted by Gasteiger charge is -2.59. The summed E-state index contributed by atoms with van der Waals surface area (Å²) in [5, 5.41) is 12.6. The smallest absolute Gasteiger partial charge is 0.450 e. The maximum Gasteiger partial charge on any atom is 0.506 e. The second kappa shape index (κ2) is 9.22. The molecule has 1 aromatic carbocycles. The third-order valence-corrected chi connectivity index (χ3v) is 9.36. The van der Waals surface area contributed by atoms with Crippen LogP contribution in [0, 0.1) is 17.8 Å². The van der Waals surface area contributed by atoms with Crippen molar-refractivity contribution >= 4 is 29.4 Å². The van der Waals surface area contributed by atoms with Crippen LogP contribution >= 0.6 is 11.6 Å². The average molecular weight is 544 g/mol. The highest BCUT2D eigenvalue weighted by atomic mass is 35.5. The third kappa shape index (κ3) is 4.99. The molecule has 4 bridgehead atoms. The fraction of sp³-hybridized carbons (Fsp3) is 0.692. The fourth-order valence-corrected chi connectivity index (χ4v) is 7.71. The van der Waals surface area contributed by atoms with Crippen molar-refractivity contribution in [3.8, 4) is 0 Å². The van der Waals surface area contributed by atoms with E-state index < -0.39 is 29.0 Å². The summed E-state index contributed by atoms with van der Waals surface area (Å²) in [6.45, 7) is 5.99. The Hall–Kier alpha value is -2.20. The molecule has 2 atom stereocenters.